The summed E-state index contributed by atoms with van der Waals surface area (Å²) < 4.78 is 1.85. The summed E-state index contributed by atoms with van der Waals surface area (Å²) in [6.45, 7) is 0.725. The van der Waals surface area contributed by atoms with E-state index in [1.54, 1.807) is 18.1 Å². The largest absolute Gasteiger partial charge is 0.248 e. The van der Waals surface area contributed by atoms with Crippen molar-refractivity contribution >= 4 is 23.9 Å². The molecule has 0 bridgehead atoms. The molecule has 0 saturated carbocycles. The molecule has 0 fully saturated rings. The molecule has 0 atom stereocenters. The highest BCUT2D eigenvalue weighted by Crippen LogP contribution is 2.13. The predicted octanol–water partition coefficient (Wildman–Crippen LogP) is 4.80. The van der Waals surface area contributed by atoms with Crippen LogP contribution in [0.4, 0.5) is 0 Å². The molecule has 0 aliphatic heterocycles. The second kappa shape index (κ2) is 8.89. The van der Waals surface area contributed by atoms with Gasteiger partial charge in [-0.3, -0.25) is 0 Å². The van der Waals surface area contributed by atoms with Gasteiger partial charge in [0.25, 0.3) is 0 Å². The zero-order valence-electron chi connectivity index (χ0n) is 13.3. The van der Waals surface area contributed by atoms with Crippen molar-refractivity contribution in [2.24, 2.45) is 0 Å². The number of allylic oxidation sites excluding steroid dienone is 1. The monoisotopic (exact) mass is 333 g/mol. The maximum absolute atomic E-state index is 4.47. The molecule has 0 aliphatic carbocycles. The fraction of sp³-hybridized carbons (Fsp3) is 0.100. The third kappa shape index (κ3) is 5.25. The van der Waals surface area contributed by atoms with E-state index in [0.717, 1.165) is 17.5 Å². The van der Waals surface area contributed by atoms with E-state index < -0.39 is 0 Å². The summed E-state index contributed by atoms with van der Waals surface area (Å²) in [5, 5.41) is 5.28. The number of rotatable bonds is 7. The van der Waals surface area contributed by atoms with Crippen LogP contribution in [-0.4, -0.2) is 20.5 Å². The Kier molecular flexibility index (Phi) is 6.03. The molecule has 1 heterocycles. The second-order valence-corrected chi connectivity index (χ2v) is 6.17. The molecule has 0 N–H and O–H groups in total. The summed E-state index contributed by atoms with van der Waals surface area (Å²) >= 11 is 1.64. The summed E-state index contributed by atoms with van der Waals surface area (Å²) in [5.41, 5.74) is 2.40. The van der Waals surface area contributed by atoms with Crippen LogP contribution in [0.2, 0.25) is 0 Å². The number of aromatic nitrogens is 3. The average molecular weight is 333 g/mol. The Balaban J connectivity index is 1.45. The van der Waals surface area contributed by atoms with Crippen LogP contribution in [0.1, 0.15) is 11.1 Å². The molecule has 0 saturated heterocycles. The average Bonchev–Trinajstić information content (AvgIpc) is 3.08. The Hall–Kier alpha value is -2.59. The molecule has 0 aliphatic rings. The van der Waals surface area contributed by atoms with E-state index in [0.29, 0.717) is 0 Å². The SMILES string of the molecule is C(=C\c1ccccc1)/CSc1ncn(C/C=C/c2ccccc2)n1. The molecule has 0 unspecified atom stereocenters. The summed E-state index contributed by atoms with van der Waals surface area (Å²) in [5.74, 6) is 0.860. The van der Waals surface area contributed by atoms with Gasteiger partial charge in [0.2, 0.25) is 5.16 Å². The van der Waals surface area contributed by atoms with E-state index in [2.05, 4.69) is 58.7 Å². The predicted molar refractivity (Wildman–Crippen MR) is 102 cm³/mol. The first-order valence-corrected chi connectivity index (χ1v) is 8.84. The molecule has 0 spiro atoms. The van der Waals surface area contributed by atoms with Crippen molar-refractivity contribution < 1.29 is 0 Å². The first kappa shape index (κ1) is 16.3. The highest BCUT2D eigenvalue weighted by Gasteiger charge is 1.99. The van der Waals surface area contributed by atoms with Gasteiger partial charge in [-0.05, 0) is 11.1 Å². The third-order valence-electron chi connectivity index (χ3n) is 3.34. The molecule has 3 rings (SSSR count). The van der Waals surface area contributed by atoms with Gasteiger partial charge in [-0.15, -0.1) is 5.10 Å². The van der Waals surface area contributed by atoms with Crippen LogP contribution in [0.15, 0.2) is 84.3 Å². The van der Waals surface area contributed by atoms with Crippen LogP contribution in [-0.2, 0) is 6.54 Å². The highest BCUT2D eigenvalue weighted by atomic mass is 32.2. The standard InChI is InChI=1S/C20H19N3S/c1-3-9-18(10-4-1)13-7-15-23-17-21-20(22-23)24-16-8-14-19-11-5-2-6-12-19/h1-14,17H,15-16H2/b13-7+,14-8+. The molecular formula is C20H19N3S. The van der Waals surface area contributed by atoms with Gasteiger partial charge in [-0.2, -0.15) is 0 Å². The van der Waals surface area contributed by atoms with E-state index in [1.807, 2.05) is 41.1 Å². The summed E-state index contributed by atoms with van der Waals surface area (Å²) in [6, 6.07) is 20.5. The maximum Gasteiger partial charge on any atom is 0.208 e. The summed E-state index contributed by atoms with van der Waals surface area (Å²) in [4.78, 5) is 4.33. The van der Waals surface area contributed by atoms with Gasteiger partial charge in [-0.25, -0.2) is 9.67 Å². The van der Waals surface area contributed by atoms with Crippen LogP contribution < -0.4 is 0 Å². The summed E-state index contributed by atoms with van der Waals surface area (Å²) in [7, 11) is 0. The van der Waals surface area contributed by atoms with E-state index in [-0.39, 0.29) is 0 Å². The topological polar surface area (TPSA) is 30.7 Å². The van der Waals surface area contributed by atoms with Crippen molar-refractivity contribution in [1.82, 2.24) is 14.8 Å². The lowest BCUT2D eigenvalue weighted by Gasteiger charge is -1.95. The van der Waals surface area contributed by atoms with Crippen LogP contribution in [0.25, 0.3) is 12.2 Å². The van der Waals surface area contributed by atoms with Crippen molar-refractivity contribution in [2.45, 2.75) is 11.7 Å². The number of benzene rings is 2. The van der Waals surface area contributed by atoms with Gasteiger partial charge < -0.3 is 0 Å². The van der Waals surface area contributed by atoms with Crippen molar-refractivity contribution in [3.05, 3.63) is 90.3 Å². The number of hydrogen-bond acceptors (Lipinski definition) is 3. The van der Waals surface area contributed by atoms with Crippen molar-refractivity contribution in [3.8, 4) is 0 Å². The van der Waals surface area contributed by atoms with Gasteiger partial charge in [0, 0.05) is 5.75 Å². The lowest BCUT2D eigenvalue weighted by atomic mass is 10.2. The van der Waals surface area contributed by atoms with Crippen LogP contribution >= 0.6 is 11.8 Å². The zero-order valence-corrected chi connectivity index (χ0v) is 14.1. The van der Waals surface area contributed by atoms with Gasteiger partial charge in [0.1, 0.15) is 6.33 Å². The zero-order chi connectivity index (χ0) is 16.5. The van der Waals surface area contributed by atoms with Crippen molar-refractivity contribution in [2.75, 3.05) is 5.75 Å². The normalized spacial score (nSPS) is 11.5. The van der Waals surface area contributed by atoms with E-state index >= 15 is 0 Å². The van der Waals surface area contributed by atoms with Crippen molar-refractivity contribution in [1.29, 1.82) is 0 Å². The first-order chi connectivity index (χ1) is 11.9. The Morgan fingerprint density at radius 1 is 0.833 bits per heavy atom. The lowest BCUT2D eigenvalue weighted by molar-refractivity contribution is 0.681. The maximum atomic E-state index is 4.47. The van der Waals surface area contributed by atoms with Gasteiger partial charge >= 0.3 is 0 Å². The minimum atomic E-state index is 0.725. The lowest BCUT2D eigenvalue weighted by Crippen LogP contribution is -1.95. The molecule has 24 heavy (non-hydrogen) atoms. The van der Waals surface area contributed by atoms with Crippen LogP contribution in [0.5, 0.6) is 0 Å². The fourth-order valence-corrected chi connectivity index (χ4v) is 2.79. The van der Waals surface area contributed by atoms with Gasteiger partial charge in [0.15, 0.2) is 0 Å². The van der Waals surface area contributed by atoms with Gasteiger partial charge in [0.05, 0.1) is 6.54 Å². The Bertz CT molecular complexity index is 792. The molecule has 120 valence electrons. The van der Waals surface area contributed by atoms with Crippen LogP contribution in [0.3, 0.4) is 0 Å². The highest BCUT2D eigenvalue weighted by molar-refractivity contribution is 7.99. The molecule has 3 nitrogen and oxygen atoms in total. The fourth-order valence-electron chi connectivity index (χ4n) is 2.16. The van der Waals surface area contributed by atoms with Crippen LogP contribution in [0, 0.1) is 0 Å². The number of hydrogen-bond donors (Lipinski definition) is 0. The Labute approximate surface area is 146 Å². The van der Waals surface area contributed by atoms with Gasteiger partial charge in [-0.1, -0.05) is 96.7 Å². The minimum absolute atomic E-state index is 0.725. The molecule has 0 radical (unpaired) electrons. The molecule has 4 heteroatoms. The van der Waals surface area contributed by atoms with Crippen molar-refractivity contribution in [3.63, 3.8) is 0 Å². The molecular weight excluding hydrogens is 314 g/mol. The van der Waals surface area contributed by atoms with E-state index in [1.165, 1.54) is 11.1 Å². The Morgan fingerprint density at radius 2 is 1.46 bits per heavy atom. The number of nitrogens with zero attached hydrogens (tertiary/aromatic N) is 3. The molecule has 2 aromatic carbocycles. The molecule has 3 aromatic rings. The molecule has 1 aromatic heterocycles. The smallest absolute Gasteiger partial charge is 0.208 e. The summed E-state index contributed by atoms with van der Waals surface area (Å²) in [6.07, 6.45) is 10.2. The minimum Gasteiger partial charge on any atom is -0.248 e. The third-order valence-corrected chi connectivity index (χ3v) is 4.14. The Morgan fingerprint density at radius 3 is 2.12 bits per heavy atom. The molecule has 0 amide bonds. The quantitative estimate of drug-likeness (QED) is 0.582. The number of thioether (sulfide) groups is 1. The van der Waals surface area contributed by atoms with E-state index in [4.69, 9.17) is 0 Å². The van der Waals surface area contributed by atoms with E-state index in [9.17, 15) is 0 Å². The first-order valence-electron chi connectivity index (χ1n) is 7.85. The second-order valence-electron chi connectivity index (χ2n) is 5.19.